The van der Waals surface area contributed by atoms with Crippen molar-refractivity contribution in [2.75, 3.05) is 43.1 Å². The maximum atomic E-state index is 13.3. The molecule has 2 unspecified atom stereocenters. The molecule has 1 aliphatic rings. The van der Waals surface area contributed by atoms with Crippen LogP contribution in [0.1, 0.15) is 0 Å². The zero-order valence-corrected chi connectivity index (χ0v) is 17.2. The lowest BCUT2D eigenvalue weighted by Gasteiger charge is -2.27. The number of anilines is 3. The first-order valence-electron chi connectivity index (χ1n) is 8.58. The molecule has 0 amide bonds. The first-order chi connectivity index (χ1) is 14.1. The van der Waals surface area contributed by atoms with Gasteiger partial charge in [-0.2, -0.15) is 32.5 Å². The summed E-state index contributed by atoms with van der Waals surface area (Å²) in [6.07, 6.45) is -4.54. The zero-order chi connectivity index (χ0) is 21.8. The predicted molar refractivity (Wildman–Crippen MR) is 104 cm³/mol. The van der Waals surface area contributed by atoms with Crippen LogP contribution in [-0.4, -0.2) is 59.1 Å². The molecule has 0 bridgehead atoms. The highest BCUT2D eigenvalue weighted by atomic mass is 35.5. The van der Waals surface area contributed by atoms with Gasteiger partial charge in [0.2, 0.25) is 11.9 Å². The summed E-state index contributed by atoms with van der Waals surface area (Å²) in [5.41, 5.74) is 0.464. The largest absolute Gasteiger partial charge is 0.454 e. The highest BCUT2D eigenvalue weighted by Crippen LogP contribution is 2.30. The van der Waals surface area contributed by atoms with Gasteiger partial charge < -0.3 is 24.4 Å². The lowest BCUT2D eigenvalue weighted by molar-refractivity contribution is -0.154. The fourth-order valence-corrected chi connectivity index (χ4v) is 2.64. The van der Waals surface area contributed by atoms with Crippen molar-refractivity contribution in [2.45, 2.75) is 11.2 Å². The van der Waals surface area contributed by atoms with Gasteiger partial charge in [0, 0.05) is 18.8 Å². The Morgan fingerprint density at radius 1 is 1.10 bits per heavy atom. The summed E-state index contributed by atoms with van der Waals surface area (Å²) in [5, 5.41) is 0.399. The number of hydrogen-bond acceptors (Lipinski definition) is 8. The van der Waals surface area contributed by atoms with E-state index in [0.717, 1.165) is 0 Å². The maximum Gasteiger partial charge on any atom is 0.422 e. The molecule has 0 spiro atoms. The summed E-state index contributed by atoms with van der Waals surface area (Å²) in [5.74, 6) is 0.285. The average Bonchev–Trinajstić information content (AvgIpc) is 2.67. The van der Waals surface area contributed by atoms with Gasteiger partial charge in [0.25, 0.3) is 0 Å². The minimum atomic E-state index is -4.54. The second-order valence-corrected chi connectivity index (χ2v) is 7.68. The molecule has 1 aromatic carbocycles. The molecule has 8 nitrogen and oxygen atoms in total. The predicted octanol–water partition coefficient (Wildman–Crippen LogP) is 3.47. The number of nitrogens with one attached hydrogen (secondary N) is 1. The summed E-state index contributed by atoms with van der Waals surface area (Å²) in [7, 11) is 1.69. The van der Waals surface area contributed by atoms with Gasteiger partial charge in [-0.15, -0.1) is 0 Å². The number of alkyl halides is 5. The Labute approximate surface area is 176 Å². The molecule has 164 valence electrons. The van der Waals surface area contributed by atoms with Crippen LogP contribution in [0.25, 0.3) is 0 Å². The van der Waals surface area contributed by atoms with Crippen LogP contribution in [0.2, 0.25) is 0 Å². The topological polar surface area (TPSA) is 81.6 Å². The van der Waals surface area contributed by atoms with Crippen LogP contribution in [-0.2, 0) is 4.74 Å². The molecule has 0 radical (unpaired) electrons. The Morgan fingerprint density at radius 2 is 1.77 bits per heavy atom. The van der Waals surface area contributed by atoms with E-state index in [2.05, 4.69) is 20.3 Å². The molecule has 3 rings (SSSR count). The first-order valence-corrected chi connectivity index (χ1v) is 9.54. The third kappa shape index (κ3) is 7.26. The van der Waals surface area contributed by atoms with Crippen LogP contribution in [0, 0.1) is 0 Å². The summed E-state index contributed by atoms with van der Waals surface area (Å²) in [6, 6.07) is 5.45. The number of benzene rings is 1. The number of nitrogens with zero attached hydrogens (tertiary/aromatic N) is 4. The zero-order valence-electron chi connectivity index (χ0n) is 15.3. The fraction of sp³-hybridized carbons (Fsp3) is 0.438. The monoisotopic (exact) mass is 469 g/mol. The van der Waals surface area contributed by atoms with Crippen LogP contribution < -0.4 is 19.7 Å². The first kappa shape index (κ1) is 22.5. The van der Waals surface area contributed by atoms with Gasteiger partial charge in [0.1, 0.15) is 5.75 Å². The van der Waals surface area contributed by atoms with Crippen LogP contribution in [0.3, 0.4) is 0 Å². The molecule has 2 atom stereocenters. The minimum absolute atomic E-state index is 0.0273. The van der Waals surface area contributed by atoms with Gasteiger partial charge in [-0.05, 0) is 45.1 Å². The van der Waals surface area contributed by atoms with Crippen LogP contribution in [0.4, 0.5) is 35.1 Å². The minimum Gasteiger partial charge on any atom is -0.454 e. The van der Waals surface area contributed by atoms with E-state index in [-0.39, 0.29) is 17.6 Å². The molecule has 30 heavy (non-hydrogen) atoms. The molecule has 1 aromatic heterocycles. The molecule has 2 aromatic rings. The number of ether oxygens (including phenoxy) is 3. The summed E-state index contributed by atoms with van der Waals surface area (Å²) >= 11 is 5.33. The van der Waals surface area contributed by atoms with Crippen molar-refractivity contribution in [3.8, 4) is 11.8 Å². The van der Waals surface area contributed by atoms with Crippen LogP contribution in [0.5, 0.6) is 11.8 Å². The van der Waals surface area contributed by atoms with Crippen LogP contribution >= 0.6 is 20.8 Å². The molecule has 14 heteroatoms. The van der Waals surface area contributed by atoms with E-state index < -0.39 is 23.8 Å². The van der Waals surface area contributed by atoms with E-state index in [1.165, 1.54) is 24.3 Å². The Balaban J connectivity index is 1.79. The van der Waals surface area contributed by atoms with E-state index in [1.54, 1.807) is 14.1 Å². The van der Waals surface area contributed by atoms with Gasteiger partial charge >= 0.3 is 17.2 Å². The molecule has 2 heterocycles. The molecule has 0 saturated carbocycles. The van der Waals surface area contributed by atoms with E-state index in [1.807, 2.05) is 0 Å². The van der Waals surface area contributed by atoms with E-state index in [9.17, 15) is 17.6 Å². The van der Waals surface area contributed by atoms with Crippen molar-refractivity contribution in [3.05, 3.63) is 24.3 Å². The van der Waals surface area contributed by atoms with Gasteiger partial charge in [-0.25, -0.2) is 0 Å². The molecule has 0 aliphatic carbocycles. The number of aromatic nitrogens is 3. The Kier molecular flexibility index (Phi) is 6.99. The number of halogens is 5. The molecule has 1 saturated heterocycles. The number of rotatable bonds is 7. The Hall–Kier alpha value is -2.17. The average molecular weight is 470 g/mol. The Bertz CT molecular complexity index is 848. The highest BCUT2D eigenvalue weighted by molar-refractivity contribution is 7.21. The summed E-state index contributed by atoms with van der Waals surface area (Å²) in [4.78, 5) is 13.8. The van der Waals surface area contributed by atoms with Gasteiger partial charge in [0.15, 0.2) is 6.61 Å². The Morgan fingerprint density at radius 3 is 2.37 bits per heavy atom. The number of hydrogen-bond donors (Lipinski definition) is 1. The lowest BCUT2D eigenvalue weighted by atomic mass is 10.3. The second kappa shape index (κ2) is 9.32. The molecule has 1 N–H and O–H groups in total. The van der Waals surface area contributed by atoms with E-state index >= 15 is 0 Å². The highest BCUT2D eigenvalue weighted by Gasteiger charge is 2.29. The van der Waals surface area contributed by atoms with Gasteiger partial charge in [-0.3, -0.25) is 0 Å². The lowest BCUT2D eigenvalue weighted by Crippen LogP contribution is -2.37. The van der Waals surface area contributed by atoms with E-state index in [0.29, 0.717) is 32.0 Å². The van der Waals surface area contributed by atoms with Crippen molar-refractivity contribution in [3.63, 3.8) is 0 Å². The van der Waals surface area contributed by atoms with Gasteiger partial charge in [-0.1, -0.05) is 0 Å². The maximum absolute atomic E-state index is 13.3. The summed E-state index contributed by atoms with van der Waals surface area (Å²) < 4.78 is 65.6. The van der Waals surface area contributed by atoms with Crippen molar-refractivity contribution in [1.29, 1.82) is 0 Å². The third-order valence-electron chi connectivity index (χ3n) is 3.63. The smallest absolute Gasteiger partial charge is 0.422 e. The SMILES string of the molecule is FC(F)(F)COc1nc(Nc2ccc(OC(F)(P)Cl)cc2)nc(N2CCOCC2)n1. The molecular formula is C16H17ClF4N5O3P. The quantitative estimate of drug-likeness (QED) is 0.375. The van der Waals surface area contributed by atoms with Gasteiger partial charge in [0.05, 0.1) is 13.2 Å². The normalized spacial score (nSPS) is 16.7. The van der Waals surface area contributed by atoms with Crippen molar-refractivity contribution in [1.82, 2.24) is 15.0 Å². The summed E-state index contributed by atoms with van der Waals surface area (Å²) in [6.45, 7) is 0.255. The number of morpholine rings is 1. The van der Waals surface area contributed by atoms with Crippen molar-refractivity contribution in [2.24, 2.45) is 0 Å². The fourth-order valence-electron chi connectivity index (χ4n) is 2.41. The second-order valence-electron chi connectivity index (χ2n) is 6.06. The van der Waals surface area contributed by atoms with E-state index in [4.69, 9.17) is 25.8 Å². The van der Waals surface area contributed by atoms with Crippen LogP contribution in [0.15, 0.2) is 24.3 Å². The molecular weight excluding hydrogens is 453 g/mol. The van der Waals surface area contributed by atoms with Crippen molar-refractivity contribution < 1.29 is 31.8 Å². The standard InChI is InChI=1S/C16H17ClF4N5O3P/c17-16(21,30)29-11-3-1-10(2-4-11)22-12-23-13(26-5-7-27-8-6-26)25-14(24-12)28-9-15(18,19)20/h1-4H,5-9,30H2,(H,22,23,24,25). The third-order valence-corrected chi connectivity index (χ3v) is 3.82. The molecule has 1 fully saturated rings. The molecule has 1 aliphatic heterocycles. The van der Waals surface area contributed by atoms with Crippen molar-refractivity contribution >= 4 is 38.4 Å².